The van der Waals surface area contributed by atoms with E-state index in [2.05, 4.69) is 34.4 Å². The van der Waals surface area contributed by atoms with Crippen molar-refractivity contribution in [3.63, 3.8) is 0 Å². The van der Waals surface area contributed by atoms with Gasteiger partial charge in [-0.2, -0.15) is 4.98 Å². The number of nitrogens with zero attached hydrogens (tertiary/aromatic N) is 2. The van der Waals surface area contributed by atoms with Crippen LogP contribution in [0.5, 0.6) is 5.75 Å². The molecule has 1 aromatic carbocycles. The van der Waals surface area contributed by atoms with Crippen molar-refractivity contribution in [2.75, 3.05) is 19.0 Å². The number of halogens is 1. The third kappa shape index (κ3) is 2.94. The van der Waals surface area contributed by atoms with Crippen molar-refractivity contribution in [2.24, 2.45) is 0 Å². The van der Waals surface area contributed by atoms with E-state index in [1.54, 1.807) is 0 Å². The average molecular weight is 333 g/mol. The fourth-order valence-electron chi connectivity index (χ4n) is 2.60. The molecule has 3 rings (SSSR count). The lowest BCUT2D eigenvalue weighted by Gasteiger charge is -2.32. The van der Waals surface area contributed by atoms with Crippen molar-refractivity contribution in [1.29, 1.82) is 0 Å². The Labute approximate surface area is 139 Å². The third-order valence-corrected chi connectivity index (χ3v) is 4.07. The Bertz CT molecular complexity index is 777. The number of hydrogen-bond acceptors (Lipinski definition) is 5. The van der Waals surface area contributed by atoms with Gasteiger partial charge in [0.05, 0.1) is 13.3 Å². The first-order valence-corrected chi connectivity index (χ1v) is 7.55. The zero-order chi connectivity index (χ0) is 16.6. The van der Waals surface area contributed by atoms with E-state index in [4.69, 9.17) is 16.3 Å². The molecule has 0 spiro atoms. The molecule has 2 heterocycles. The molecule has 0 bridgehead atoms. The standard InChI is InChI=1S/C16H17ClN4O2/c1-16(2)8-19-14(22)10-5-4-9(6-11(10)16)20-13-12(23-3)7-18-15(17)21-13/h4-7H,8H2,1-3H3,(H,19,22)(H,18,20,21). The van der Waals surface area contributed by atoms with Crippen LogP contribution in [0.2, 0.25) is 5.28 Å². The molecular weight excluding hydrogens is 316 g/mol. The maximum absolute atomic E-state index is 12.0. The SMILES string of the molecule is COc1cnc(Cl)nc1Nc1ccc2c(c1)C(C)(C)CNC2=O. The van der Waals surface area contributed by atoms with Gasteiger partial charge in [0.25, 0.3) is 5.91 Å². The Balaban J connectivity index is 2.00. The highest BCUT2D eigenvalue weighted by atomic mass is 35.5. The summed E-state index contributed by atoms with van der Waals surface area (Å²) in [5.41, 5.74) is 2.35. The number of fused-ring (bicyclic) bond motifs is 1. The number of hydrogen-bond donors (Lipinski definition) is 2. The van der Waals surface area contributed by atoms with Crippen molar-refractivity contribution >= 4 is 29.0 Å². The topological polar surface area (TPSA) is 76.1 Å². The molecule has 1 aliphatic rings. The van der Waals surface area contributed by atoms with E-state index in [1.807, 2.05) is 18.2 Å². The number of amides is 1. The molecule has 1 aromatic heterocycles. The average Bonchev–Trinajstić information content (AvgIpc) is 2.52. The second kappa shape index (κ2) is 5.70. The van der Waals surface area contributed by atoms with Crippen molar-refractivity contribution in [1.82, 2.24) is 15.3 Å². The molecule has 0 saturated carbocycles. The highest BCUT2D eigenvalue weighted by Crippen LogP contribution is 2.33. The molecule has 6 nitrogen and oxygen atoms in total. The molecule has 0 unspecified atom stereocenters. The van der Waals surface area contributed by atoms with Gasteiger partial charge in [-0.15, -0.1) is 0 Å². The van der Waals surface area contributed by atoms with Gasteiger partial charge in [-0.05, 0) is 35.4 Å². The summed E-state index contributed by atoms with van der Waals surface area (Å²) in [6.07, 6.45) is 1.51. The molecule has 0 atom stereocenters. The molecule has 2 aromatic rings. The van der Waals surface area contributed by atoms with Crippen LogP contribution in [-0.2, 0) is 5.41 Å². The molecule has 120 valence electrons. The minimum atomic E-state index is -0.145. The first-order chi connectivity index (χ1) is 10.9. The summed E-state index contributed by atoms with van der Waals surface area (Å²) in [5.74, 6) is 0.920. The third-order valence-electron chi connectivity index (χ3n) is 3.89. The van der Waals surface area contributed by atoms with E-state index >= 15 is 0 Å². The first kappa shape index (κ1) is 15.6. The van der Waals surface area contributed by atoms with Crippen LogP contribution in [0.1, 0.15) is 29.8 Å². The van der Waals surface area contributed by atoms with Crippen molar-refractivity contribution in [3.05, 3.63) is 40.8 Å². The first-order valence-electron chi connectivity index (χ1n) is 7.17. The summed E-state index contributed by atoms with van der Waals surface area (Å²) < 4.78 is 5.23. The highest BCUT2D eigenvalue weighted by Gasteiger charge is 2.31. The summed E-state index contributed by atoms with van der Waals surface area (Å²) in [6.45, 7) is 4.79. The molecular formula is C16H17ClN4O2. The van der Waals surface area contributed by atoms with Crippen molar-refractivity contribution in [2.45, 2.75) is 19.3 Å². The van der Waals surface area contributed by atoms with E-state index < -0.39 is 0 Å². The van der Waals surface area contributed by atoms with E-state index in [1.165, 1.54) is 13.3 Å². The summed E-state index contributed by atoms with van der Waals surface area (Å²) in [4.78, 5) is 20.0. The number of aromatic nitrogens is 2. The number of carbonyl (C=O) groups is 1. The summed E-state index contributed by atoms with van der Waals surface area (Å²) in [5, 5.41) is 6.21. The summed E-state index contributed by atoms with van der Waals surface area (Å²) in [6, 6.07) is 5.60. The van der Waals surface area contributed by atoms with Crippen LogP contribution in [0, 0.1) is 0 Å². The normalized spacial score (nSPS) is 15.6. The minimum absolute atomic E-state index is 0.0477. The van der Waals surface area contributed by atoms with Gasteiger partial charge in [0.2, 0.25) is 5.28 Å². The van der Waals surface area contributed by atoms with E-state index in [-0.39, 0.29) is 16.6 Å². The fourth-order valence-corrected chi connectivity index (χ4v) is 2.73. The van der Waals surface area contributed by atoms with Gasteiger partial charge in [0.15, 0.2) is 11.6 Å². The maximum Gasteiger partial charge on any atom is 0.251 e. The van der Waals surface area contributed by atoms with Gasteiger partial charge in [-0.1, -0.05) is 13.8 Å². The number of rotatable bonds is 3. The van der Waals surface area contributed by atoms with Gasteiger partial charge in [0.1, 0.15) is 0 Å². The van der Waals surface area contributed by atoms with Crippen LogP contribution < -0.4 is 15.4 Å². The zero-order valence-electron chi connectivity index (χ0n) is 13.1. The molecule has 0 saturated heterocycles. The minimum Gasteiger partial charge on any atom is -0.491 e. The van der Waals surface area contributed by atoms with Crippen LogP contribution in [0.15, 0.2) is 24.4 Å². The number of anilines is 2. The van der Waals surface area contributed by atoms with Crippen LogP contribution in [0.3, 0.4) is 0 Å². The predicted molar refractivity (Wildman–Crippen MR) is 88.7 cm³/mol. The Morgan fingerprint density at radius 1 is 1.39 bits per heavy atom. The Kier molecular flexibility index (Phi) is 3.85. The summed E-state index contributed by atoms with van der Waals surface area (Å²) >= 11 is 5.85. The molecule has 0 fully saturated rings. The van der Waals surface area contributed by atoms with E-state index in [9.17, 15) is 4.79 Å². The zero-order valence-corrected chi connectivity index (χ0v) is 13.9. The number of nitrogens with one attached hydrogen (secondary N) is 2. The predicted octanol–water partition coefficient (Wildman–Crippen LogP) is 2.90. The van der Waals surface area contributed by atoms with E-state index in [0.29, 0.717) is 23.7 Å². The molecule has 7 heteroatoms. The molecule has 2 N–H and O–H groups in total. The van der Waals surface area contributed by atoms with Crippen molar-refractivity contribution < 1.29 is 9.53 Å². The van der Waals surface area contributed by atoms with Gasteiger partial charge in [-0.3, -0.25) is 4.79 Å². The van der Waals surface area contributed by atoms with Crippen LogP contribution in [0.4, 0.5) is 11.5 Å². The Morgan fingerprint density at radius 2 is 2.17 bits per heavy atom. The molecule has 0 radical (unpaired) electrons. The fraction of sp³-hybridized carbons (Fsp3) is 0.312. The van der Waals surface area contributed by atoms with Crippen molar-refractivity contribution in [3.8, 4) is 5.75 Å². The van der Waals surface area contributed by atoms with Gasteiger partial charge in [-0.25, -0.2) is 4.98 Å². The second-order valence-corrected chi connectivity index (χ2v) is 6.35. The van der Waals surface area contributed by atoms with Gasteiger partial charge in [0, 0.05) is 23.2 Å². The van der Waals surface area contributed by atoms with Crippen LogP contribution in [0.25, 0.3) is 0 Å². The van der Waals surface area contributed by atoms with E-state index in [0.717, 1.165) is 11.3 Å². The Hall–Kier alpha value is -2.34. The molecule has 0 aliphatic carbocycles. The number of ether oxygens (including phenoxy) is 1. The summed E-state index contributed by atoms with van der Waals surface area (Å²) in [7, 11) is 1.54. The van der Waals surface area contributed by atoms with Crippen LogP contribution >= 0.6 is 11.6 Å². The molecule has 1 amide bonds. The lowest BCUT2D eigenvalue weighted by molar-refractivity contribution is 0.0930. The lowest BCUT2D eigenvalue weighted by atomic mass is 9.79. The second-order valence-electron chi connectivity index (χ2n) is 6.01. The van der Waals surface area contributed by atoms with Gasteiger partial charge < -0.3 is 15.4 Å². The lowest BCUT2D eigenvalue weighted by Crippen LogP contribution is -2.43. The molecule has 23 heavy (non-hydrogen) atoms. The Morgan fingerprint density at radius 3 is 2.91 bits per heavy atom. The quantitative estimate of drug-likeness (QED) is 0.845. The highest BCUT2D eigenvalue weighted by molar-refractivity contribution is 6.28. The number of benzene rings is 1. The smallest absolute Gasteiger partial charge is 0.251 e. The van der Waals surface area contributed by atoms with Gasteiger partial charge >= 0.3 is 0 Å². The maximum atomic E-state index is 12.0. The molecule has 1 aliphatic heterocycles. The monoisotopic (exact) mass is 332 g/mol. The number of carbonyl (C=O) groups excluding carboxylic acids is 1. The largest absolute Gasteiger partial charge is 0.491 e. The number of methoxy groups -OCH3 is 1. The van der Waals surface area contributed by atoms with Crippen LogP contribution in [-0.4, -0.2) is 29.5 Å².